The molecule has 38 heavy (non-hydrogen) atoms. The third kappa shape index (κ3) is 6.76. The van der Waals surface area contributed by atoms with Crippen molar-refractivity contribution >= 4 is 23.2 Å². The van der Waals surface area contributed by atoms with Crippen molar-refractivity contribution in [3.8, 4) is 11.5 Å². The van der Waals surface area contributed by atoms with E-state index in [9.17, 15) is 14.7 Å². The average molecular weight is 521 g/mol. The number of rotatable bonds is 12. The molecule has 3 rings (SSSR count). The predicted octanol–water partition coefficient (Wildman–Crippen LogP) is 4.12. The first-order valence-electron chi connectivity index (χ1n) is 12.8. The van der Waals surface area contributed by atoms with Crippen molar-refractivity contribution < 1.29 is 29.6 Å². The summed E-state index contributed by atoms with van der Waals surface area (Å²) in [6, 6.07) is 8.46. The van der Waals surface area contributed by atoms with Crippen LogP contribution in [0.15, 0.2) is 59.3 Å². The molecule has 1 aliphatic rings. The first kappa shape index (κ1) is 28.4. The van der Waals surface area contributed by atoms with E-state index in [1.165, 1.54) is 6.07 Å². The van der Waals surface area contributed by atoms with E-state index < -0.39 is 11.9 Å². The number of hydrogen-bond acceptors (Lipinski definition) is 6. The number of benzene rings is 2. The fourth-order valence-corrected chi connectivity index (χ4v) is 4.55. The summed E-state index contributed by atoms with van der Waals surface area (Å²) in [5.74, 6) is -1.68. The smallest absolute Gasteiger partial charge is 0.303 e. The van der Waals surface area contributed by atoms with Crippen molar-refractivity contribution in [2.75, 3.05) is 25.0 Å². The second-order valence-corrected chi connectivity index (χ2v) is 9.16. The molecular formula is C30H36N2O6. The van der Waals surface area contributed by atoms with Crippen LogP contribution in [0.3, 0.4) is 0 Å². The second kappa shape index (κ2) is 12.9. The van der Waals surface area contributed by atoms with Crippen molar-refractivity contribution in [1.82, 2.24) is 5.32 Å². The Morgan fingerprint density at radius 2 is 1.79 bits per heavy atom. The topological polar surface area (TPSA) is 134 Å². The van der Waals surface area contributed by atoms with Crippen LogP contribution >= 0.6 is 0 Å². The van der Waals surface area contributed by atoms with E-state index in [0.29, 0.717) is 35.3 Å². The molecule has 0 unspecified atom stereocenters. The van der Waals surface area contributed by atoms with E-state index in [2.05, 4.69) is 16.7 Å². The molecule has 2 aromatic rings. The van der Waals surface area contributed by atoms with Gasteiger partial charge in [-0.2, -0.15) is 0 Å². The van der Waals surface area contributed by atoms with Crippen LogP contribution in [-0.4, -0.2) is 41.8 Å². The highest BCUT2D eigenvalue weighted by atomic mass is 16.5. The van der Waals surface area contributed by atoms with E-state index in [1.807, 2.05) is 39.8 Å². The number of carbonyl (C=O) groups excluding carboxylic acids is 1. The summed E-state index contributed by atoms with van der Waals surface area (Å²) in [5, 5.41) is 36.7. The Labute approximate surface area is 223 Å². The number of allylic oxidation sites excluding steroid dienone is 4. The maximum Gasteiger partial charge on any atom is 0.303 e. The van der Waals surface area contributed by atoms with Crippen molar-refractivity contribution in [2.45, 2.75) is 47.0 Å². The Kier molecular flexibility index (Phi) is 9.60. The number of aliphatic carboxylic acids is 1. The summed E-state index contributed by atoms with van der Waals surface area (Å²) in [4.78, 5) is 23.1. The molecule has 1 aliphatic carbocycles. The molecule has 0 amide bonds. The summed E-state index contributed by atoms with van der Waals surface area (Å²) in [5.41, 5.74) is 6.42. The number of carboxylic acid groups (broad SMARTS) is 2. The quantitative estimate of drug-likeness (QED) is 0.283. The standard InChI is InChI=1S/C30H36N2O6/c1-5-31-25-12-9-20(14-18(25)3)29(24-15-19(4)26(32-6-2)17-27(24)33)22-11-10-21(16-23(22)30(36)37)38-13-7-8-28(34)35/h10-12,14-17,31-33H,5-9,13H2,1-4H3,(H,34,35)(H,36,37)/b29-20+. The molecule has 0 aliphatic heterocycles. The van der Waals surface area contributed by atoms with Gasteiger partial charge in [0.05, 0.1) is 24.2 Å². The number of carbonyl (C=O) groups is 2. The third-order valence-corrected chi connectivity index (χ3v) is 6.32. The zero-order valence-electron chi connectivity index (χ0n) is 22.4. The van der Waals surface area contributed by atoms with Gasteiger partial charge in [0.15, 0.2) is 0 Å². The molecular weight excluding hydrogens is 484 g/mol. The summed E-state index contributed by atoms with van der Waals surface area (Å²) >= 11 is 0. The molecule has 0 fully saturated rings. The van der Waals surface area contributed by atoms with Gasteiger partial charge in [-0.15, -0.1) is 0 Å². The van der Waals surface area contributed by atoms with Gasteiger partial charge in [0.2, 0.25) is 0 Å². The average Bonchev–Trinajstić information content (AvgIpc) is 2.87. The molecule has 8 nitrogen and oxygen atoms in total. The van der Waals surface area contributed by atoms with Crippen LogP contribution in [0, 0.1) is 6.92 Å². The number of ether oxygens (including phenoxy) is 1. The number of aryl methyl sites for hydroxylation is 1. The van der Waals surface area contributed by atoms with E-state index in [4.69, 9.17) is 14.9 Å². The van der Waals surface area contributed by atoms with Crippen molar-refractivity contribution in [3.63, 3.8) is 0 Å². The summed E-state index contributed by atoms with van der Waals surface area (Å²) < 4.78 is 5.63. The molecule has 0 bridgehead atoms. The summed E-state index contributed by atoms with van der Waals surface area (Å²) in [6.07, 6.45) is 4.94. The van der Waals surface area contributed by atoms with Crippen molar-refractivity contribution in [1.29, 1.82) is 0 Å². The van der Waals surface area contributed by atoms with Gasteiger partial charge in [-0.05, 0) is 87.1 Å². The first-order valence-corrected chi connectivity index (χ1v) is 12.8. The number of anilines is 1. The lowest BCUT2D eigenvalue weighted by molar-refractivity contribution is -0.255. The molecule has 0 saturated carbocycles. The van der Waals surface area contributed by atoms with E-state index in [-0.39, 0.29) is 24.3 Å². The highest BCUT2D eigenvalue weighted by Crippen LogP contribution is 2.41. The van der Waals surface area contributed by atoms with Crippen LogP contribution in [0.1, 0.15) is 67.1 Å². The SMILES string of the molecule is CCNC1=CC/C(=C(\c2cc(C)c(NCC)cc2[OH2+])c2ccc(OCCCC(=O)O)cc2C(=O)[O-])C=C1C. The molecule has 0 radical (unpaired) electrons. The van der Waals surface area contributed by atoms with Crippen molar-refractivity contribution in [2.24, 2.45) is 0 Å². The Balaban J connectivity index is 2.17. The predicted molar refractivity (Wildman–Crippen MR) is 148 cm³/mol. The molecule has 5 N–H and O–H groups in total. The van der Waals surface area contributed by atoms with Gasteiger partial charge < -0.3 is 35.5 Å². The molecule has 0 spiro atoms. The number of carboxylic acids is 2. The fourth-order valence-electron chi connectivity index (χ4n) is 4.55. The lowest BCUT2D eigenvalue weighted by Gasteiger charge is -2.22. The Morgan fingerprint density at radius 3 is 2.42 bits per heavy atom. The van der Waals surface area contributed by atoms with E-state index in [0.717, 1.165) is 41.2 Å². The maximum absolute atomic E-state index is 12.3. The maximum atomic E-state index is 12.3. The highest BCUT2D eigenvalue weighted by Gasteiger charge is 2.23. The third-order valence-electron chi connectivity index (χ3n) is 6.32. The van der Waals surface area contributed by atoms with Crippen LogP contribution in [-0.2, 0) is 4.79 Å². The first-order chi connectivity index (χ1) is 18.2. The molecule has 2 aromatic carbocycles. The van der Waals surface area contributed by atoms with E-state index in [1.54, 1.807) is 18.2 Å². The van der Waals surface area contributed by atoms with Gasteiger partial charge >= 0.3 is 5.97 Å². The van der Waals surface area contributed by atoms with Crippen molar-refractivity contribution in [3.05, 3.63) is 81.6 Å². The zero-order chi connectivity index (χ0) is 27.8. The summed E-state index contributed by atoms with van der Waals surface area (Å²) in [7, 11) is 0. The molecule has 0 saturated heterocycles. The minimum Gasteiger partial charge on any atom is -0.593 e. The fraction of sp³-hybridized carbons (Fsp3) is 0.333. The number of nitrogens with one attached hydrogen (secondary N) is 2. The Hall–Kier alpha value is -4.20. The lowest BCUT2D eigenvalue weighted by Crippen LogP contribution is -2.24. The Bertz CT molecular complexity index is 1310. The normalized spacial score (nSPS) is 14.3. The van der Waals surface area contributed by atoms with Crippen LogP contribution < -0.4 is 20.5 Å². The van der Waals surface area contributed by atoms with Gasteiger partial charge in [0.25, 0.3) is 5.75 Å². The zero-order valence-corrected chi connectivity index (χ0v) is 22.4. The van der Waals surface area contributed by atoms with Crippen LogP contribution in [0.4, 0.5) is 5.69 Å². The molecule has 0 aromatic heterocycles. The van der Waals surface area contributed by atoms with Gasteiger partial charge in [-0.3, -0.25) is 4.79 Å². The lowest BCUT2D eigenvalue weighted by atomic mass is 9.85. The highest BCUT2D eigenvalue weighted by molar-refractivity contribution is 5.99. The Morgan fingerprint density at radius 1 is 1.05 bits per heavy atom. The van der Waals surface area contributed by atoms with Crippen LogP contribution in [0.25, 0.3) is 5.57 Å². The minimum atomic E-state index is -1.36. The number of aromatic carboxylic acids is 1. The summed E-state index contributed by atoms with van der Waals surface area (Å²) in [6.45, 7) is 9.63. The van der Waals surface area contributed by atoms with Crippen LogP contribution in [0.5, 0.6) is 11.5 Å². The molecule has 8 heteroatoms. The minimum absolute atomic E-state index is 0.0374. The number of hydrogen-bond donors (Lipinski definition) is 3. The van der Waals surface area contributed by atoms with Gasteiger partial charge in [-0.25, -0.2) is 0 Å². The van der Waals surface area contributed by atoms with Gasteiger partial charge in [0.1, 0.15) is 5.75 Å². The van der Waals surface area contributed by atoms with E-state index >= 15 is 0 Å². The van der Waals surface area contributed by atoms with Gasteiger partial charge in [-0.1, -0.05) is 12.2 Å². The van der Waals surface area contributed by atoms with Gasteiger partial charge in [0, 0.05) is 42.0 Å². The second-order valence-electron chi connectivity index (χ2n) is 9.16. The molecule has 202 valence electrons. The number of likely N-dealkylation sites (N-methyl/N-ethyl adjacent to an activating group) is 1. The monoisotopic (exact) mass is 520 g/mol. The molecule has 0 heterocycles. The molecule has 0 atom stereocenters. The largest absolute Gasteiger partial charge is 0.593 e. The van der Waals surface area contributed by atoms with Crippen LogP contribution in [0.2, 0.25) is 0 Å².